The molecule has 0 radical (unpaired) electrons. The quantitative estimate of drug-likeness (QED) is 0.765. The molecule has 0 bridgehead atoms. The highest BCUT2D eigenvalue weighted by Gasteiger charge is 2.35. The highest BCUT2D eigenvalue weighted by molar-refractivity contribution is 14.1. The van der Waals surface area contributed by atoms with Crippen LogP contribution in [0.25, 0.3) is 0 Å². The average molecular weight is 384 g/mol. The number of hydrogen-bond acceptors (Lipinski definition) is 2. The summed E-state index contributed by atoms with van der Waals surface area (Å²) < 4.78 is 1.47. The fourth-order valence-corrected chi connectivity index (χ4v) is 4.67. The Balaban J connectivity index is 1.88. The second-order valence-electron chi connectivity index (χ2n) is 6.19. The predicted octanol–water partition coefficient (Wildman–Crippen LogP) is 4.24. The van der Waals surface area contributed by atoms with Crippen molar-refractivity contribution in [2.24, 2.45) is 0 Å². The second kappa shape index (κ2) is 6.22. The van der Waals surface area contributed by atoms with Crippen molar-refractivity contribution in [3.8, 4) is 0 Å². The first-order valence-electron chi connectivity index (χ1n) is 8.03. The Morgan fingerprint density at radius 2 is 2.00 bits per heavy atom. The van der Waals surface area contributed by atoms with E-state index in [1.807, 2.05) is 0 Å². The van der Waals surface area contributed by atoms with Crippen LogP contribution in [0.1, 0.15) is 50.2 Å². The standard InChI is InChI=1S/C17H25IN2/c1-3-7-20(8-4-2)13-9-12-11-19-16-6-5-15(18)14(10-13)17(12)16/h5-6,12-13,19H,3-4,7-11H2,1-2H3/t12-,13-/m0/s1. The van der Waals surface area contributed by atoms with Crippen LogP contribution < -0.4 is 5.32 Å². The van der Waals surface area contributed by atoms with Crippen molar-refractivity contribution in [1.82, 2.24) is 4.90 Å². The van der Waals surface area contributed by atoms with Gasteiger partial charge in [0.1, 0.15) is 0 Å². The summed E-state index contributed by atoms with van der Waals surface area (Å²) in [4.78, 5) is 2.74. The molecular weight excluding hydrogens is 359 g/mol. The van der Waals surface area contributed by atoms with Crippen LogP contribution in [0.2, 0.25) is 0 Å². The monoisotopic (exact) mass is 384 g/mol. The minimum Gasteiger partial charge on any atom is -0.384 e. The maximum Gasteiger partial charge on any atom is 0.0379 e. The van der Waals surface area contributed by atoms with Gasteiger partial charge in [0.15, 0.2) is 0 Å². The van der Waals surface area contributed by atoms with Crippen molar-refractivity contribution in [2.75, 3.05) is 25.0 Å². The van der Waals surface area contributed by atoms with Gasteiger partial charge < -0.3 is 10.2 Å². The van der Waals surface area contributed by atoms with E-state index < -0.39 is 0 Å². The number of nitrogens with one attached hydrogen (secondary N) is 1. The molecule has 0 saturated heterocycles. The first-order valence-corrected chi connectivity index (χ1v) is 9.11. The van der Waals surface area contributed by atoms with Crippen LogP contribution in [0.15, 0.2) is 12.1 Å². The third-order valence-corrected chi connectivity index (χ3v) is 5.79. The summed E-state index contributed by atoms with van der Waals surface area (Å²) in [6, 6.07) is 5.31. The average Bonchev–Trinajstić information content (AvgIpc) is 2.86. The molecule has 0 unspecified atom stereocenters. The summed E-state index contributed by atoms with van der Waals surface area (Å²) in [5.74, 6) is 0.740. The van der Waals surface area contributed by atoms with E-state index in [4.69, 9.17) is 0 Å². The summed E-state index contributed by atoms with van der Waals surface area (Å²) in [6.07, 6.45) is 5.12. The molecular formula is C17H25IN2. The molecule has 2 nitrogen and oxygen atoms in total. The molecule has 0 fully saturated rings. The molecule has 0 aromatic heterocycles. The molecule has 0 spiro atoms. The highest BCUT2D eigenvalue weighted by atomic mass is 127. The Morgan fingerprint density at radius 3 is 2.70 bits per heavy atom. The molecule has 1 aliphatic heterocycles. The van der Waals surface area contributed by atoms with Crippen LogP contribution in [0.4, 0.5) is 5.69 Å². The van der Waals surface area contributed by atoms with E-state index in [1.165, 1.54) is 48.0 Å². The van der Waals surface area contributed by atoms with E-state index in [2.05, 4.69) is 58.8 Å². The minimum atomic E-state index is 0.740. The van der Waals surface area contributed by atoms with Gasteiger partial charge in [-0.2, -0.15) is 0 Å². The summed E-state index contributed by atoms with van der Waals surface area (Å²) >= 11 is 2.53. The molecule has 20 heavy (non-hydrogen) atoms. The molecule has 1 aromatic rings. The van der Waals surface area contributed by atoms with Crippen molar-refractivity contribution in [3.05, 3.63) is 26.8 Å². The SMILES string of the molecule is CCCN(CCC)[C@@H]1Cc2c(I)ccc3c2[C@H](CN3)C1. The fourth-order valence-electron chi connectivity index (χ4n) is 3.98. The van der Waals surface area contributed by atoms with Crippen LogP contribution in [-0.4, -0.2) is 30.6 Å². The molecule has 1 N–H and O–H groups in total. The van der Waals surface area contributed by atoms with Crippen LogP contribution in [0.3, 0.4) is 0 Å². The maximum absolute atomic E-state index is 3.61. The Morgan fingerprint density at radius 1 is 1.25 bits per heavy atom. The van der Waals surface area contributed by atoms with Gasteiger partial charge in [0.05, 0.1) is 0 Å². The van der Waals surface area contributed by atoms with E-state index in [0.717, 1.165) is 18.5 Å². The Bertz CT molecular complexity index is 480. The summed E-state index contributed by atoms with van der Waals surface area (Å²) in [5, 5.41) is 3.61. The van der Waals surface area contributed by atoms with Crippen molar-refractivity contribution in [1.29, 1.82) is 0 Å². The van der Waals surface area contributed by atoms with Gasteiger partial charge in [-0.25, -0.2) is 0 Å². The van der Waals surface area contributed by atoms with Gasteiger partial charge in [-0.1, -0.05) is 13.8 Å². The molecule has 2 atom stereocenters. The van der Waals surface area contributed by atoms with E-state index in [-0.39, 0.29) is 0 Å². The van der Waals surface area contributed by atoms with Gasteiger partial charge in [-0.05, 0) is 84.6 Å². The first-order chi connectivity index (χ1) is 9.74. The van der Waals surface area contributed by atoms with E-state index >= 15 is 0 Å². The van der Waals surface area contributed by atoms with Crippen LogP contribution >= 0.6 is 22.6 Å². The largest absolute Gasteiger partial charge is 0.384 e. The van der Waals surface area contributed by atoms with Gasteiger partial charge >= 0.3 is 0 Å². The zero-order chi connectivity index (χ0) is 14.1. The smallest absolute Gasteiger partial charge is 0.0379 e. The van der Waals surface area contributed by atoms with Crippen molar-refractivity contribution in [3.63, 3.8) is 0 Å². The third-order valence-electron chi connectivity index (χ3n) is 4.78. The maximum atomic E-state index is 3.61. The topological polar surface area (TPSA) is 15.3 Å². The Hall–Kier alpha value is -0.290. The van der Waals surface area contributed by atoms with E-state index in [9.17, 15) is 0 Å². The normalized spacial score (nSPS) is 23.8. The predicted molar refractivity (Wildman–Crippen MR) is 94.7 cm³/mol. The zero-order valence-electron chi connectivity index (χ0n) is 12.6. The fraction of sp³-hybridized carbons (Fsp3) is 0.647. The molecule has 0 amide bonds. The molecule has 1 aromatic carbocycles. The van der Waals surface area contributed by atoms with Crippen LogP contribution in [0, 0.1) is 3.57 Å². The lowest BCUT2D eigenvalue weighted by molar-refractivity contribution is 0.172. The second-order valence-corrected chi connectivity index (χ2v) is 7.36. The van der Waals surface area contributed by atoms with Gasteiger partial charge in [-0.15, -0.1) is 0 Å². The van der Waals surface area contributed by atoms with Gasteiger partial charge in [0, 0.05) is 27.8 Å². The Labute approximate surface area is 136 Å². The lowest BCUT2D eigenvalue weighted by atomic mass is 9.80. The molecule has 3 rings (SSSR count). The molecule has 2 aliphatic rings. The summed E-state index contributed by atoms with van der Waals surface area (Å²) in [5.41, 5.74) is 4.68. The van der Waals surface area contributed by atoms with Crippen molar-refractivity contribution < 1.29 is 0 Å². The molecule has 1 heterocycles. The number of halogens is 1. The highest BCUT2D eigenvalue weighted by Crippen LogP contribution is 2.44. The molecule has 1 aliphatic carbocycles. The summed E-state index contributed by atoms with van der Waals surface area (Å²) in [7, 11) is 0. The van der Waals surface area contributed by atoms with Crippen molar-refractivity contribution >= 4 is 28.3 Å². The minimum absolute atomic E-state index is 0.740. The van der Waals surface area contributed by atoms with Gasteiger partial charge in [-0.3, -0.25) is 0 Å². The number of nitrogens with zero attached hydrogens (tertiary/aromatic N) is 1. The van der Waals surface area contributed by atoms with Gasteiger partial charge in [0.2, 0.25) is 0 Å². The molecule has 3 heteroatoms. The van der Waals surface area contributed by atoms with Crippen LogP contribution in [-0.2, 0) is 6.42 Å². The van der Waals surface area contributed by atoms with E-state index in [1.54, 1.807) is 11.1 Å². The summed E-state index contributed by atoms with van der Waals surface area (Å²) in [6.45, 7) is 8.26. The Kier molecular flexibility index (Phi) is 4.55. The van der Waals surface area contributed by atoms with E-state index in [0.29, 0.717) is 0 Å². The lowest BCUT2D eigenvalue weighted by Gasteiger charge is -2.37. The first kappa shape index (κ1) is 14.6. The molecule has 110 valence electrons. The van der Waals surface area contributed by atoms with Crippen molar-refractivity contribution in [2.45, 2.75) is 51.5 Å². The third kappa shape index (κ3) is 2.59. The number of hydrogen-bond donors (Lipinski definition) is 1. The van der Waals surface area contributed by atoms with Crippen LogP contribution in [0.5, 0.6) is 0 Å². The number of rotatable bonds is 5. The molecule has 0 saturated carbocycles. The lowest BCUT2D eigenvalue weighted by Crippen LogP contribution is -2.41. The van der Waals surface area contributed by atoms with Gasteiger partial charge in [0.25, 0.3) is 0 Å². The number of benzene rings is 1. The zero-order valence-corrected chi connectivity index (χ0v) is 14.7. The number of anilines is 1.